The summed E-state index contributed by atoms with van der Waals surface area (Å²) in [4.78, 5) is 32.2. The molecule has 0 N–H and O–H groups in total. The molecule has 4 aromatic rings. The van der Waals surface area contributed by atoms with Gasteiger partial charge >= 0.3 is 0 Å². The predicted octanol–water partition coefficient (Wildman–Crippen LogP) is 3.67. The van der Waals surface area contributed by atoms with Gasteiger partial charge in [-0.2, -0.15) is 0 Å². The summed E-state index contributed by atoms with van der Waals surface area (Å²) >= 11 is 1.43. The Bertz CT molecular complexity index is 1120. The van der Waals surface area contributed by atoms with E-state index in [1.807, 2.05) is 47.8 Å². The molecule has 7 heteroatoms. The number of benzene rings is 1. The zero-order valence-electron chi connectivity index (χ0n) is 15.2. The van der Waals surface area contributed by atoms with Gasteiger partial charge in [-0.25, -0.2) is 4.98 Å². The van der Waals surface area contributed by atoms with Gasteiger partial charge in [0, 0.05) is 19.5 Å². The Balaban J connectivity index is 1.49. The van der Waals surface area contributed by atoms with Gasteiger partial charge in [0.05, 0.1) is 24.5 Å². The summed E-state index contributed by atoms with van der Waals surface area (Å²) in [6.07, 6.45) is 3.33. The molecule has 0 unspecified atom stereocenters. The number of aryl methyl sites for hydroxylation is 1. The number of aromatic nitrogens is 2. The lowest BCUT2D eigenvalue weighted by atomic mass is 10.2. The van der Waals surface area contributed by atoms with Gasteiger partial charge in [-0.05, 0) is 29.1 Å². The first kappa shape index (κ1) is 18.2. The molecule has 4 rings (SSSR count). The number of carbonyl (C=O) groups excluding carboxylic acids is 1. The highest BCUT2D eigenvalue weighted by atomic mass is 32.1. The van der Waals surface area contributed by atoms with Crippen LogP contribution in [0.3, 0.4) is 0 Å². The maximum absolute atomic E-state index is 12.9. The Morgan fingerprint density at radius 1 is 1.11 bits per heavy atom. The van der Waals surface area contributed by atoms with E-state index in [1.54, 1.807) is 17.2 Å². The van der Waals surface area contributed by atoms with Crippen LogP contribution in [0.15, 0.2) is 75.7 Å². The molecule has 6 nitrogen and oxygen atoms in total. The molecule has 1 aromatic carbocycles. The van der Waals surface area contributed by atoms with Crippen molar-refractivity contribution < 1.29 is 9.21 Å². The van der Waals surface area contributed by atoms with Gasteiger partial charge < -0.3 is 9.32 Å². The molecular formula is C21H19N3O3S. The molecule has 1 amide bonds. The first-order chi connectivity index (χ1) is 13.7. The van der Waals surface area contributed by atoms with Crippen molar-refractivity contribution in [2.24, 2.45) is 0 Å². The number of nitrogens with zero attached hydrogens (tertiary/aromatic N) is 3. The van der Waals surface area contributed by atoms with Crippen LogP contribution in [0.5, 0.6) is 0 Å². The van der Waals surface area contributed by atoms with Crippen molar-refractivity contribution in [1.82, 2.24) is 14.5 Å². The van der Waals surface area contributed by atoms with Gasteiger partial charge in [-0.3, -0.25) is 14.2 Å². The quantitative estimate of drug-likeness (QED) is 0.480. The Morgan fingerprint density at radius 3 is 2.75 bits per heavy atom. The van der Waals surface area contributed by atoms with Crippen LogP contribution in [-0.4, -0.2) is 20.4 Å². The lowest BCUT2D eigenvalue weighted by molar-refractivity contribution is -0.133. The molecule has 0 saturated carbocycles. The van der Waals surface area contributed by atoms with Crippen LogP contribution in [0.2, 0.25) is 0 Å². The molecule has 0 spiro atoms. The highest BCUT2D eigenvalue weighted by Crippen LogP contribution is 2.14. The summed E-state index contributed by atoms with van der Waals surface area (Å²) in [6, 6.07) is 15.3. The van der Waals surface area contributed by atoms with Crippen LogP contribution in [0.25, 0.3) is 10.2 Å². The molecule has 3 aromatic heterocycles. The fourth-order valence-electron chi connectivity index (χ4n) is 3.05. The predicted molar refractivity (Wildman–Crippen MR) is 108 cm³/mol. The number of thiophene rings is 1. The largest absolute Gasteiger partial charge is 0.467 e. The Labute approximate surface area is 165 Å². The summed E-state index contributed by atoms with van der Waals surface area (Å²) in [6.45, 7) is 1.16. The molecule has 0 atom stereocenters. The van der Waals surface area contributed by atoms with Gasteiger partial charge in [-0.1, -0.05) is 30.3 Å². The minimum Gasteiger partial charge on any atom is -0.467 e. The fourth-order valence-corrected chi connectivity index (χ4v) is 3.78. The summed E-state index contributed by atoms with van der Waals surface area (Å²) in [5, 5.41) is 2.44. The van der Waals surface area contributed by atoms with Crippen LogP contribution < -0.4 is 5.56 Å². The summed E-state index contributed by atoms with van der Waals surface area (Å²) in [5.74, 6) is 0.681. The van der Waals surface area contributed by atoms with Crippen LogP contribution in [0.1, 0.15) is 17.7 Å². The van der Waals surface area contributed by atoms with Crippen molar-refractivity contribution in [1.29, 1.82) is 0 Å². The second kappa shape index (κ2) is 8.22. The van der Waals surface area contributed by atoms with Gasteiger partial charge in [0.1, 0.15) is 10.6 Å². The zero-order valence-corrected chi connectivity index (χ0v) is 16.0. The number of carbonyl (C=O) groups is 1. The SMILES string of the molecule is O=C(CCn1cnc2sccc2c1=O)N(Cc1ccccc1)Cc1ccco1. The monoisotopic (exact) mass is 393 g/mol. The lowest BCUT2D eigenvalue weighted by Gasteiger charge is -2.22. The highest BCUT2D eigenvalue weighted by Gasteiger charge is 2.16. The Hall–Kier alpha value is -3.19. The molecule has 0 aliphatic carbocycles. The molecule has 3 heterocycles. The van der Waals surface area contributed by atoms with E-state index in [4.69, 9.17) is 4.42 Å². The molecule has 28 heavy (non-hydrogen) atoms. The molecule has 0 radical (unpaired) electrons. The topological polar surface area (TPSA) is 68.3 Å². The maximum Gasteiger partial charge on any atom is 0.262 e. The molecule has 0 aliphatic rings. The minimum atomic E-state index is -0.111. The fraction of sp³-hybridized carbons (Fsp3) is 0.190. The number of hydrogen-bond acceptors (Lipinski definition) is 5. The van der Waals surface area contributed by atoms with Gasteiger partial charge in [0.25, 0.3) is 5.56 Å². The van der Waals surface area contributed by atoms with Crippen LogP contribution in [0, 0.1) is 0 Å². The van der Waals surface area contributed by atoms with Crippen molar-refractivity contribution >= 4 is 27.5 Å². The molecule has 0 saturated heterocycles. The first-order valence-corrected chi connectivity index (χ1v) is 9.85. The maximum atomic E-state index is 12.9. The minimum absolute atomic E-state index is 0.0439. The summed E-state index contributed by atoms with van der Waals surface area (Å²) in [7, 11) is 0. The number of rotatable bonds is 7. The van der Waals surface area contributed by atoms with Crippen LogP contribution in [-0.2, 0) is 24.4 Å². The van der Waals surface area contributed by atoms with E-state index >= 15 is 0 Å². The van der Waals surface area contributed by atoms with Crippen molar-refractivity contribution in [2.45, 2.75) is 26.1 Å². The van der Waals surface area contributed by atoms with E-state index in [1.165, 1.54) is 22.2 Å². The average molecular weight is 393 g/mol. The van der Waals surface area contributed by atoms with Gasteiger partial charge in [0.2, 0.25) is 5.91 Å². The van der Waals surface area contributed by atoms with E-state index in [0.29, 0.717) is 25.0 Å². The van der Waals surface area contributed by atoms with E-state index in [0.717, 1.165) is 16.2 Å². The van der Waals surface area contributed by atoms with E-state index in [2.05, 4.69) is 4.98 Å². The third kappa shape index (κ3) is 4.04. The second-order valence-corrected chi connectivity index (χ2v) is 7.34. The van der Waals surface area contributed by atoms with E-state index in [9.17, 15) is 9.59 Å². The van der Waals surface area contributed by atoms with Gasteiger partial charge in [0.15, 0.2) is 0 Å². The smallest absolute Gasteiger partial charge is 0.262 e. The molecular weight excluding hydrogens is 374 g/mol. The molecule has 0 fully saturated rings. The molecule has 0 aliphatic heterocycles. The third-order valence-corrected chi connectivity index (χ3v) is 5.33. The second-order valence-electron chi connectivity index (χ2n) is 6.45. The molecule has 0 bridgehead atoms. The van der Waals surface area contributed by atoms with Crippen molar-refractivity contribution in [3.05, 3.63) is 88.2 Å². The van der Waals surface area contributed by atoms with Crippen LogP contribution >= 0.6 is 11.3 Å². The number of hydrogen-bond donors (Lipinski definition) is 0. The van der Waals surface area contributed by atoms with Crippen LogP contribution in [0.4, 0.5) is 0 Å². The molecule has 142 valence electrons. The van der Waals surface area contributed by atoms with Crippen molar-refractivity contribution in [2.75, 3.05) is 0 Å². The Morgan fingerprint density at radius 2 is 1.96 bits per heavy atom. The normalized spacial score (nSPS) is 11.0. The zero-order chi connectivity index (χ0) is 19.3. The van der Waals surface area contributed by atoms with E-state index in [-0.39, 0.29) is 17.9 Å². The number of fused-ring (bicyclic) bond motifs is 1. The number of amides is 1. The van der Waals surface area contributed by atoms with Crippen molar-refractivity contribution in [3.8, 4) is 0 Å². The first-order valence-electron chi connectivity index (χ1n) is 8.97. The number of furan rings is 1. The van der Waals surface area contributed by atoms with E-state index < -0.39 is 0 Å². The Kier molecular flexibility index (Phi) is 5.34. The standard InChI is InChI=1S/C21H19N3O3S/c25-19(8-10-23-15-22-20-18(21(23)26)9-12-28-20)24(14-17-7-4-11-27-17)13-16-5-2-1-3-6-16/h1-7,9,11-12,15H,8,10,13-14H2. The highest BCUT2D eigenvalue weighted by molar-refractivity contribution is 7.16. The average Bonchev–Trinajstić information content (AvgIpc) is 3.39. The lowest BCUT2D eigenvalue weighted by Crippen LogP contribution is -2.32. The van der Waals surface area contributed by atoms with Gasteiger partial charge in [-0.15, -0.1) is 11.3 Å². The third-order valence-electron chi connectivity index (χ3n) is 4.51. The van der Waals surface area contributed by atoms with Crippen molar-refractivity contribution in [3.63, 3.8) is 0 Å². The summed E-state index contributed by atoms with van der Waals surface area (Å²) in [5.41, 5.74) is 0.931. The summed E-state index contributed by atoms with van der Waals surface area (Å²) < 4.78 is 6.92.